The Labute approximate surface area is 137 Å². The van der Waals surface area contributed by atoms with Crippen LogP contribution in [0.25, 0.3) is 20.2 Å². The first kappa shape index (κ1) is 15.3. The first-order valence-corrected chi connectivity index (χ1v) is 9.00. The van der Waals surface area contributed by atoms with Gasteiger partial charge in [-0.25, -0.2) is 0 Å². The van der Waals surface area contributed by atoms with Crippen molar-refractivity contribution >= 4 is 43.3 Å². The van der Waals surface area contributed by atoms with Crippen LogP contribution >= 0.6 is 23.1 Å². The van der Waals surface area contributed by atoms with Gasteiger partial charge in [-0.2, -0.15) is 0 Å². The largest absolute Gasteiger partial charge is 0.312 e. The van der Waals surface area contributed by atoms with Crippen LogP contribution < -0.4 is 10.7 Å². The zero-order valence-corrected chi connectivity index (χ0v) is 13.8. The maximum atomic E-state index is 12.6. The van der Waals surface area contributed by atoms with Crippen LogP contribution in [0.4, 0.5) is 0 Å². The van der Waals surface area contributed by atoms with Crippen molar-refractivity contribution in [2.45, 2.75) is 4.90 Å². The lowest BCUT2D eigenvalue weighted by Crippen LogP contribution is -2.16. The molecule has 0 bridgehead atoms. The fourth-order valence-corrected chi connectivity index (χ4v) is 4.22. The van der Waals surface area contributed by atoms with E-state index in [0.717, 1.165) is 43.9 Å². The Morgan fingerprint density at radius 1 is 1.14 bits per heavy atom. The topological polar surface area (TPSA) is 29.1 Å². The lowest BCUT2D eigenvalue weighted by atomic mass is 10.2. The smallest absolute Gasteiger partial charge is 0.195 e. The van der Waals surface area contributed by atoms with Gasteiger partial charge in [-0.1, -0.05) is 18.2 Å². The third-order valence-corrected chi connectivity index (χ3v) is 5.53. The molecular weight excluding hydrogens is 310 g/mol. The fraction of sp³-hybridized carbons (Fsp3) is 0.167. The molecule has 0 aliphatic heterocycles. The Bertz CT molecular complexity index is 870. The number of benzene rings is 2. The van der Waals surface area contributed by atoms with Gasteiger partial charge in [0.1, 0.15) is 0 Å². The fourth-order valence-electron chi connectivity index (χ4n) is 2.32. The van der Waals surface area contributed by atoms with Gasteiger partial charge in [0.2, 0.25) is 0 Å². The summed E-state index contributed by atoms with van der Waals surface area (Å²) in [7, 11) is 0. The van der Waals surface area contributed by atoms with Crippen molar-refractivity contribution < 1.29 is 0 Å². The first-order valence-electron chi connectivity index (χ1n) is 7.19. The Balaban J connectivity index is 1.89. The highest BCUT2D eigenvalue weighted by Gasteiger charge is 2.06. The number of hydrogen-bond acceptors (Lipinski definition) is 4. The molecular formula is C18H17NOS2. The predicted octanol–water partition coefficient (Wildman–Crippen LogP) is 4.28. The highest BCUT2D eigenvalue weighted by molar-refractivity contribution is 7.99. The predicted molar refractivity (Wildman–Crippen MR) is 99.4 cm³/mol. The van der Waals surface area contributed by atoms with Gasteiger partial charge < -0.3 is 5.32 Å². The van der Waals surface area contributed by atoms with Crippen molar-refractivity contribution in [3.05, 3.63) is 65.3 Å². The summed E-state index contributed by atoms with van der Waals surface area (Å²) in [6.45, 7) is 5.44. The second kappa shape index (κ2) is 7.09. The molecule has 3 aromatic rings. The molecule has 1 N–H and O–H groups in total. The van der Waals surface area contributed by atoms with Gasteiger partial charge in [0.05, 0.1) is 0 Å². The quantitative estimate of drug-likeness (QED) is 0.317. The second-order valence-corrected chi connectivity index (χ2v) is 7.18. The Morgan fingerprint density at radius 3 is 2.82 bits per heavy atom. The van der Waals surface area contributed by atoms with Gasteiger partial charge in [0, 0.05) is 43.9 Å². The molecule has 0 aliphatic carbocycles. The molecule has 0 spiro atoms. The molecule has 0 radical (unpaired) electrons. The molecule has 0 saturated heterocycles. The summed E-state index contributed by atoms with van der Waals surface area (Å²) in [4.78, 5) is 13.8. The molecule has 0 unspecified atom stereocenters. The van der Waals surface area contributed by atoms with Gasteiger partial charge in [-0.05, 0) is 30.3 Å². The number of nitrogens with one attached hydrogen (secondary N) is 1. The van der Waals surface area contributed by atoms with E-state index < -0.39 is 0 Å². The Hall–Kier alpha value is -1.62. The summed E-state index contributed by atoms with van der Waals surface area (Å²) in [5.41, 5.74) is 0.136. The van der Waals surface area contributed by atoms with E-state index in [0.29, 0.717) is 0 Å². The molecule has 0 saturated carbocycles. The normalized spacial score (nSPS) is 11.1. The Kier molecular flexibility index (Phi) is 4.93. The van der Waals surface area contributed by atoms with E-state index in [1.165, 1.54) is 0 Å². The van der Waals surface area contributed by atoms with E-state index in [1.807, 2.05) is 36.4 Å². The average molecular weight is 327 g/mol. The SMILES string of the molecule is C=CCNCCSc1ccc2sc3ccccc3c(=O)c2c1. The average Bonchev–Trinajstić information content (AvgIpc) is 2.55. The molecule has 1 heterocycles. The van der Waals surface area contributed by atoms with Crippen molar-refractivity contribution in [3.63, 3.8) is 0 Å². The highest BCUT2D eigenvalue weighted by Crippen LogP contribution is 2.28. The third kappa shape index (κ3) is 3.24. The molecule has 1 aromatic heterocycles. The minimum Gasteiger partial charge on any atom is -0.312 e. The first-order chi connectivity index (χ1) is 10.8. The molecule has 3 rings (SSSR count). The van der Waals surface area contributed by atoms with E-state index in [2.05, 4.69) is 24.0 Å². The van der Waals surface area contributed by atoms with Crippen LogP contribution in [0.1, 0.15) is 0 Å². The molecule has 0 amide bonds. The summed E-state index contributed by atoms with van der Waals surface area (Å²) >= 11 is 3.45. The summed E-state index contributed by atoms with van der Waals surface area (Å²) in [5, 5.41) is 4.92. The van der Waals surface area contributed by atoms with Gasteiger partial charge in [0.25, 0.3) is 0 Å². The van der Waals surface area contributed by atoms with Crippen LogP contribution in [0, 0.1) is 0 Å². The summed E-state index contributed by atoms with van der Waals surface area (Å²) in [6, 6.07) is 14.0. The monoisotopic (exact) mass is 327 g/mol. The summed E-state index contributed by atoms with van der Waals surface area (Å²) in [6.07, 6.45) is 1.86. The summed E-state index contributed by atoms with van der Waals surface area (Å²) in [5.74, 6) is 0.977. The zero-order valence-electron chi connectivity index (χ0n) is 12.2. The van der Waals surface area contributed by atoms with Crippen LogP contribution in [-0.4, -0.2) is 18.8 Å². The number of hydrogen-bond donors (Lipinski definition) is 1. The van der Waals surface area contributed by atoms with Crippen LogP contribution in [0.5, 0.6) is 0 Å². The lowest BCUT2D eigenvalue weighted by molar-refractivity contribution is 0.807. The Morgan fingerprint density at radius 2 is 1.95 bits per heavy atom. The molecule has 0 fully saturated rings. The van der Waals surface area contributed by atoms with Crippen LogP contribution in [0.2, 0.25) is 0 Å². The molecule has 4 heteroatoms. The van der Waals surface area contributed by atoms with E-state index in [4.69, 9.17) is 0 Å². The van der Waals surface area contributed by atoms with Crippen LogP contribution in [0.3, 0.4) is 0 Å². The molecule has 112 valence electrons. The molecule has 2 nitrogen and oxygen atoms in total. The standard InChI is InChI=1S/C18H17NOS2/c1-2-9-19-10-11-21-13-7-8-17-15(12-13)18(20)14-5-3-4-6-16(14)22-17/h2-8,12,19H,1,9-11H2. The minimum atomic E-state index is 0.136. The van der Waals surface area contributed by atoms with Gasteiger partial charge >= 0.3 is 0 Å². The number of thioether (sulfide) groups is 1. The third-order valence-electron chi connectivity index (χ3n) is 3.38. The summed E-state index contributed by atoms with van der Waals surface area (Å²) < 4.78 is 2.10. The zero-order chi connectivity index (χ0) is 15.4. The van der Waals surface area contributed by atoms with Gasteiger partial charge in [-0.3, -0.25) is 4.79 Å². The van der Waals surface area contributed by atoms with Crippen molar-refractivity contribution in [3.8, 4) is 0 Å². The van der Waals surface area contributed by atoms with Crippen molar-refractivity contribution in [1.29, 1.82) is 0 Å². The lowest BCUT2D eigenvalue weighted by Gasteiger charge is -2.05. The van der Waals surface area contributed by atoms with Crippen molar-refractivity contribution in [2.75, 3.05) is 18.8 Å². The van der Waals surface area contributed by atoms with Gasteiger partial charge in [-0.15, -0.1) is 29.7 Å². The number of rotatable bonds is 6. The van der Waals surface area contributed by atoms with Crippen molar-refractivity contribution in [1.82, 2.24) is 5.32 Å². The van der Waals surface area contributed by atoms with Gasteiger partial charge in [0.15, 0.2) is 5.43 Å². The van der Waals surface area contributed by atoms with E-state index in [9.17, 15) is 4.79 Å². The van der Waals surface area contributed by atoms with E-state index in [-0.39, 0.29) is 5.43 Å². The van der Waals surface area contributed by atoms with Crippen LogP contribution in [-0.2, 0) is 0 Å². The second-order valence-electron chi connectivity index (χ2n) is 4.93. The number of fused-ring (bicyclic) bond motifs is 2. The minimum absolute atomic E-state index is 0.136. The van der Waals surface area contributed by atoms with Crippen LogP contribution in [0.15, 0.2) is 64.8 Å². The molecule has 0 aliphatic rings. The maximum Gasteiger partial charge on any atom is 0.195 e. The van der Waals surface area contributed by atoms with Crippen molar-refractivity contribution in [2.24, 2.45) is 0 Å². The maximum absolute atomic E-state index is 12.6. The molecule has 2 aromatic carbocycles. The highest BCUT2D eigenvalue weighted by atomic mass is 32.2. The van der Waals surface area contributed by atoms with E-state index >= 15 is 0 Å². The van der Waals surface area contributed by atoms with E-state index in [1.54, 1.807) is 23.1 Å². The molecule has 0 atom stereocenters. The molecule has 22 heavy (non-hydrogen) atoms.